The van der Waals surface area contributed by atoms with Gasteiger partial charge in [0.15, 0.2) is 0 Å². The number of carbonyl (C=O) groups excluding carboxylic acids is 1. The normalized spacial score (nSPS) is 16.2. The van der Waals surface area contributed by atoms with E-state index in [1.54, 1.807) is 6.92 Å². The van der Waals surface area contributed by atoms with E-state index >= 15 is 0 Å². The van der Waals surface area contributed by atoms with Crippen LogP contribution >= 0.6 is 11.9 Å². The fraction of sp³-hybridized carbons (Fsp3) is 0.480. The maximum Gasteiger partial charge on any atom is 0.223 e. The van der Waals surface area contributed by atoms with E-state index in [4.69, 9.17) is 0 Å². The summed E-state index contributed by atoms with van der Waals surface area (Å²) in [5.41, 5.74) is 6.52. The van der Waals surface area contributed by atoms with Crippen LogP contribution in [0.15, 0.2) is 41.3 Å². The molecule has 1 fully saturated rings. The first kappa shape index (κ1) is 22.7. The molecule has 0 atom stereocenters. The number of hydrogen-bond acceptors (Lipinski definition) is 4. The predicted octanol–water partition coefficient (Wildman–Crippen LogP) is 5.32. The van der Waals surface area contributed by atoms with Crippen molar-refractivity contribution < 1.29 is 4.79 Å². The monoisotopic (exact) mass is 425 g/mol. The lowest BCUT2D eigenvalue weighted by Crippen LogP contribution is -2.43. The molecule has 2 aliphatic heterocycles. The molecule has 2 aromatic carbocycles. The van der Waals surface area contributed by atoms with Crippen molar-refractivity contribution >= 4 is 29.2 Å². The number of aryl methyl sites for hydroxylation is 2. The van der Waals surface area contributed by atoms with E-state index in [0.717, 1.165) is 51.3 Å². The lowest BCUT2D eigenvalue weighted by Gasteiger charge is -2.35. The van der Waals surface area contributed by atoms with Gasteiger partial charge in [-0.05, 0) is 78.7 Å². The number of nitrogens with zero attached hydrogens (tertiary/aromatic N) is 3. The molecule has 30 heavy (non-hydrogen) atoms. The van der Waals surface area contributed by atoms with Crippen LogP contribution in [0.2, 0.25) is 0 Å². The summed E-state index contributed by atoms with van der Waals surface area (Å²) >= 11 is 1.85. The number of piperazine rings is 1. The summed E-state index contributed by atoms with van der Waals surface area (Å²) in [6, 6.07) is 13.5. The minimum absolute atomic E-state index is 0.137. The number of anilines is 2. The molecule has 2 aliphatic rings. The van der Waals surface area contributed by atoms with Crippen molar-refractivity contribution in [3.05, 3.63) is 53.1 Å². The minimum atomic E-state index is 0.137. The smallest absolute Gasteiger partial charge is 0.223 e. The molecule has 1 amide bonds. The van der Waals surface area contributed by atoms with Crippen molar-refractivity contribution in [2.24, 2.45) is 0 Å². The summed E-state index contributed by atoms with van der Waals surface area (Å²) in [6.07, 6.45) is 2.05. The van der Waals surface area contributed by atoms with Crippen molar-refractivity contribution in [1.82, 2.24) is 4.31 Å². The Bertz CT molecular complexity index is 875. The van der Waals surface area contributed by atoms with Gasteiger partial charge in [-0.3, -0.25) is 4.79 Å². The fourth-order valence-corrected chi connectivity index (χ4v) is 5.14. The maximum absolute atomic E-state index is 11.7. The Morgan fingerprint density at radius 2 is 1.73 bits per heavy atom. The lowest BCUT2D eigenvalue weighted by atomic mass is 10.1. The Hall–Kier alpha value is -1.98. The fourth-order valence-electron chi connectivity index (χ4n) is 4.18. The first-order chi connectivity index (χ1) is 14.5. The molecule has 0 radical (unpaired) electrons. The first-order valence-corrected chi connectivity index (χ1v) is 12.0. The van der Waals surface area contributed by atoms with E-state index in [0.29, 0.717) is 0 Å². The molecule has 4 rings (SSSR count). The molecule has 2 aromatic rings. The zero-order valence-corrected chi connectivity index (χ0v) is 19.9. The summed E-state index contributed by atoms with van der Waals surface area (Å²) in [5, 5.41) is 0. The van der Waals surface area contributed by atoms with Crippen LogP contribution in [0.1, 0.15) is 44.4 Å². The van der Waals surface area contributed by atoms with Gasteiger partial charge in [0.2, 0.25) is 5.91 Å². The SMILES string of the molecule is CC.CCc1cc(C)cc(N2CCN(Sc3ccc4c(c3)CCN4C(C)=O)CC2)c1. The Balaban J connectivity index is 0.00000124. The van der Waals surface area contributed by atoms with Gasteiger partial charge in [-0.15, -0.1) is 0 Å². The third-order valence-electron chi connectivity index (χ3n) is 5.70. The van der Waals surface area contributed by atoms with E-state index in [1.165, 1.54) is 27.3 Å². The van der Waals surface area contributed by atoms with E-state index in [9.17, 15) is 4.79 Å². The highest BCUT2D eigenvalue weighted by Gasteiger charge is 2.23. The minimum Gasteiger partial charge on any atom is -0.369 e. The van der Waals surface area contributed by atoms with Crippen LogP contribution in [0.5, 0.6) is 0 Å². The van der Waals surface area contributed by atoms with E-state index in [2.05, 4.69) is 59.5 Å². The Morgan fingerprint density at radius 1 is 1.00 bits per heavy atom. The Morgan fingerprint density at radius 3 is 2.40 bits per heavy atom. The van der Waals surface area contributed by atoms with Gasteiger partial charge < -0.3 is 9.80 Å². The summed E-state index contributed by atoms with van der Waals surface area (Å²) < 4.78 is 2.46. The van der Waals surface area contributed by atoms with E-state index < -0.39 is 0 Å². The van der Waals surface area contributed by atoms with Crippen molar-refractivity contribution in [2.45, 2.75) is 52.4 Å². The van der Waals surface area contributed by atoms with Gasteiger partial charge in [0, 0.05) is 55.9 Å². The largest absolute Gasteiger partial charge is 0.369 e. The van der Waals surface area contributed by atoms with Crippen LogP contribution in [0, 0.1) is 6.92 Å². The molecule has 0 N–H and O–H groups in total. The van der Waals surface area contributed by atoms with Crippen molar-refractivity contribution in [3.8, 4) is 0 Å². The van der Waals surface area contributed by atoms with Gasteiger partial charge in [-0.2, -0.15) is 0 Å². The number of carbonyl (C=O) groups is 1. The first-order valence-electron chi connectivity index (χ1n) is 11.2. The number of rotatable bonds is 4. The molecule has 1 saturated heterocycles. The standard InChI is InChI=1S/C23H29N3OS.C2H6/c1-4-19-13-17(2)14-21(15-19)24-9-11-25(12-10-24)28-22-5-6-23-20(16-22)7-8-26(23)18(3)27;1-2/h5-6,13-16H,4,7-12H2,1-3H3;1-2H3. The molecule has 0 unspecified atom stereocenters. The zero-order chi connectivity index (χ0) is 21.7. The molecule has 0 aromatic heterocycles. The molecule has 5 heteroatoms. The van der Waals surface area contributed by atoms with Crippen molar-refractivity contribution in [3.63, 3.8) is 0 Å². The third-order valence-corrected chi connectivity index (χ3v) is 6.78. The molecule has 0 saturated carbocycles. The lowest BCUT2D eigenvalue weighted by molar-refractivity contribution is -0.116. The number of benzene rings is 2. The van der Waals surface area contributed by atoms with Crippen LogP contribution in [0.4, 0.5) is 11.4 Å². The van der Waals surface area contributed by atoms with E-state index in [-0.39, 0.29) is 5.91 Å². The van der Waals surface area contributed by atoms with Gasteiger partial charge in [-0.1, -0.05) is 26.8 Å². The molecule has 4 nitrogen and oxygen atoms in total. The van der Waals surface area contributed by atoms with Gasteiger partial charge in [0.1, 0.15) is 0 Å². The second-order valence-electron chi connectivity index (χ2n) is 7.75. The number of fused-ring (bicyclic) bond motifs is 1. The molecule has 2 heterocycles. The number of amides is 1. The summed E-state index contributed by atoms with van der Waals surface area (Å²) in [4.78, 5) is 17.4. The third kappa shape index (κ3) is 5.19. The second-order valence-corrected chi connectivity index (χ2v) is 8.92. The highest BCUT2D eigenvalue weighted by Crippen LogP contribution is 2.34. The van der Waals surface area contributed by atoms with Gasteiger partial charge in [0.25, 0.3) is 0 Å². The highest BCUT2D eigenvalue weighted by atomic mass is 32.2. The quantitative estimate of drug-likeness (QED) is 0.619. The highest BCUT2D eigenvalue weighted by molar-refractivity contribution is 7.97. The van der Waals surface area contributed by atoms with Gasteiger partial charge in [0.05, 0.1) is 0 Å². The van der Waals surface area contributed by atoms with Crippen LogP contribution in [0.25, 0.3) is 0 Å². The molecule has 0 aliphatic carbocycles. The molecule has 162 valence electrons. The molecular formula is C25H35N3OS. The maximum atomic E-state index is 11.7. The summed E-state index contributed by atoms with van der Waals surface area (Å²) in [7, 11) is 0. The molecule has 0 spiro atoms. The van der Waals surface area contributed by atoms with Crippen molar-refractivity contribution in [2.75, 3.05) is 42.5 Å². The average molecular weight is 426 g/mol. The number of hydrogen-bond donors (Lipinski definition) is 0. The topological polar surface area (TPSA) is 26.8 Å². The van der Waals surface area contributed by atoms with E-state index in [1.807, 2.05) is 30.7 Å². The van der Waals surface area contributed by atoms with Crippen molar-refractivity contribution in [1.29, 1.82) is 0 Å². The summed E-state index contributed by atoms with van der Waals surface area (Å²) in [6.45, 7) is 15.1. The van der Waals surface area contributed by atoms with Crippen LogP contribution in [-0.2, 0) is 17.6 Å². The summed E-state index contributed by atoms with van der Waals surface area (Å²) in [5.74, 6) is 0.137. The van der Waals surface area contributed by atoms with Crippen LogP contribution in [-0.4, -0.2) is 42.9 Å². The zero-order valence-electron chi connectivity index (χ0n) is 19.1. The second kappa shape index (κ2) is 10.4. The van der Waals surface area contributed by atoms with Crippen LogP contribution < -0.4 is 9.80 Å². The van der Waals surface area contributed by atoms with Gasteiger partial charge in [-0.25, -0.2) is 4.31 Å². The van der Waals surface area contributed by atoms with Crippen LogP contribution in [0.3, 0.4) is 0 Å². The molecule has 0 bridgehead atoms. The molecular weight excluding hydrogens is 390 g/mol. The predicted molar refractivity (Wildman–Crippen MR) is 130 cm³/mol. The van der Waals surface area contributed by atoms with Gasteiger partial charge >= 0.3 is 0 Å². The Labute approximate surface area is 186 Å². The Kier molecular flexibility index (Phi) is 7.84. The average Bonchev–Trinajstić information content (AvgIpc) is 3.19.